The number of H-pyrrole nitrogens is 1. The second-order valence-corrected chi connectivity index (χ2v) is 8.10. The van der Waals surface area contributed by atoms with Crippen LogP contribution >= 0.6 is 0 Å². The summed E-state index contributed by atoms with van der Waals surface area (Å²) >= 11 is 0. The number of nitrogens with zero attached hydrogens (tertiary/aromatic N) is 1. The number of hydrogen-bond donors (Lipinski definition) is 3. The number of nitrogens with one attached hydrogen (secondary N) is 3. The molecule has 2 fully saturated rings. The summed E-state index contributed by atoms with van der Waals surface area (Å²) in [6.45, 7) is 3.64. The first-order chi connectivity index (χ1) is 13.3. The third-order valence-electron chi connectivity index (χ3n) is 5.95. The van der Waals surface area contributed by atoms with Gasteiger partial charge in [0.15, 0.2) is 0 Å². The minimum Gasteiger partial charge on any atom is -0.377 e. The first-order valence-electron chi connectivity index (χ1n) is 10.9. The number of hydrogen-bond acceptors (Lipinski definition) is 4. The first kappa shape index (κ1) is 20.3. The molecule has 0 bridgehead atoms. The Balaban J connectivity index is 1.42. The van der Waals surface area contributed by atoms with Gasteiger partial charge in [0, 0.05) is 50.0 Å². The summed E-state index contributed by atoms with van der Waals surface area (Å²) in [4.78, 5) is 19.9. The highest BCUT2D eigenvalue weighted by molar-refractivity contribution is 5.78. The largest absolute Gasteiger partial charge is 0.377 e. The van der Waals surface area contributed by atoms with Gasteiger partial charge in [0.25, 0.3) is 0 Å². The van der Waals surface area contributed by atoms with Crippen LogP contribution in [0.4, 0.5) is 0 Å². The van der Waals surface area contributed by atoms with Gasteiger partial charge in [0.05, 0.1) is 6.10 Å². The Hall–Kier alpha value is -1.40. The number of aromatic amines is 1. The number of aryl methyl sites for hydroxylation is 1. The molecule has 0 radical (unpaired) electrons. The lowest BCUT2D eigenvalue weighted by Gasteiger charge is -2.37. The SMILES string of the molecule is CCCO[C@H]1C[C@@H](C(=O)NCCCc2ncc[nH]2)CC[C@@H]1NC1CCCC1. The predicted octanol–water partition coefficient (Wildman–Crippen LogP) is 2.95. The fourth-order valence-electron chi connectivity index (χ4n) is 4.45. The minimum atomic E-state index is 0.0806. The Bertz CT molecular complexity index is 542. The van der Waals surface area contributed by atoms with Crippen molar-refractivity contribution >= 4 is 5.91 Å². The molecule has 152 valence electrons. The molecule has 2 aliphatic rings. The second kappa shape index (κ2) is 10.8. The first-order valence-corrected chi connectivity index (χ1v) is 10.9. The molecule has 3 N–H and O–H groups in total. The molecular formula is C21H36N4O2. The summed E-state index contributed by atoms with van der Waals surface area (Å²) in [5.74, 6) is 1.26. The van der Waals surface area contributed by atoms with Gasteiger partial charge in [-0.2, -0.15) is 0 Å². The van der Waals surface area contributed by atoms with Gasteiger partial charge in [-0.05, 0) is 44.9 Å². The molecular weight excluding hydrogens is 340 g/mol. The Morgan fingerprint density at radius 1 is 1.30 bits per heavy atom. The van der Waals surface area contributed by atoms with Crippen LogP contribution in [0.3, 0.4) is 0 Å². The van der Waals surface area contributed by atoms with Crippen LogP contribution in [0.25, 0.3) is 0 Å². The van der Waals surface area contributed by atoms with Crippen LogP contribution in [0, 0.1) is 5.92 Å². The van der Waals surface area contributed by atoms with Gasteiger partial charge in [-0.25, -0.2) is 4.98 Å². The van der Waals surface area contributed by atoms with Crippen LogP contribution in [0.5, 0.6) is 0 Å². The number of carbonyl (C=O) groups is 1. The van der Waals surface area contributed by atoms with Crippen LogP contribution in [0.1, 0.15) is 70.5 Å². The number of aromatic nitrogens is 2. The molecule has 6 nitrogen and oxygen atoms in total. The highest BCUT2D eigenvalue weighted by atomic mass is 16.5. The molecule has 2 aliphatic carbocycles. The summed E-state index contributed by atoms with van der Waals surface area (Å²) in [5, 5.41) is 6.96. The zero-order valence-corrected chi connectivity index (χ0v) is 16.7. The van der Waals surface area contributed by atoms with E-state index in [1.807, 2.05) is 6.20 Å². The van der Waals surface area contributed by atoms with Crippen LogP contribution < -0.4 is 10.6 Å². The predicted molar refractivity (Wildman–Crippen MR) is 106 cm³/mol. The third-order valence-corrected chi connectivity index (χ3v) is 5.95. The zero-order chi connectivity index (χ0) is 18.9. The van der Waals surface area contributed by atoms with E-state index >= 15 is 0 Å². The molecule has 1 amide bonds. The van der Waals surface area contributed by atoms with E-state index in [-0.39, 0.29) is 17.9 Å². The van der Waals surface area contributed by atoms with Crippen molar-refractivity contribution in [3.8, 4) is 0 Å². The average molecular weight is 377 g/mol. The Morgan fingerprint density at radius 2 is 2.15 bits per heavy atom. The van der Waals surface area contributed by atoms with Crippen molar-refractivity contribution < 1.29 is 9.53 Å². The van der Waals surface area contributed by atoms with E-state index in [2.05, 4.69) is 27.5 Å². The van der Waals surface area contributed by atoms with Crippen LogP contribution in [-0.2, 0) is 16.0 Å². The third kappa shape index (κ3) is 6.32. The maximum Gasteiger partial charge on any atom is 0.223 e. The van der Waals surface area contributed by atoms with Gasteiger partial charge in [-0.1, -0.05) is 19.8 Å². The van der Waals surface area contributed by atoms with Crippen molar-refractivity contribution in [2.75, 3.05) is 13.2 Å². The zero-order valence-electron chi connectivity index (χ0n) is 16.7. The number of imidazole rings is 1. The molecule has 27 heavy (non-hydrogen) atoms. The fourth-order valence-corrected chi connectivity index (χ4v) is 4.45. The monoisotopic (exact) mass is 376 g/mol. The van der Waals surface area contributed by atoms with Crippen molar-refractivity contribution in [1.29, 1.82) is 0 Å². The van der Waals surface area contributed by atoms with Crippen LogP contribution in [-0.4, -0.2) is 47.2 Å². The van der Waals surface area contributed by atoms with Crippen LogP contribution in [0.15, 0.2) is 12.4 Å². The number of ether oxygens (including phenoxy) is 1. The van der Waals surface area contributed by atoms with Gasteiger partial charge < -0.3 is 20.4 Å². The molecule has 3 atom stereocenters. The summed E-state index contributed by atoms with van der Waals surface area (Å²) in [6, 6.07) is 1.05. The second-order valence-electron chi connectivity index (χ2n) is 8.10. The molecule has 3 rings (SSSR count). The minimum absolute atomic E-state index is 0.0806. The van der Waals surface area contributed by atoms with Crippen LogP contribution in [0.2, 0.25) is 0 Å². The van der Waals surface area contributed by atoms with E-state index < -0.39 is 0 Å². The van der Waals surface area contributed by atoms with E-state index in [9.17, 15) is 4.79 Å². The van der Waals surface area contributed by atoms with E-state index in [0.717, 1.165) is 51.0 Å². The Labute approximate surface area is 163 Å². The summed E-state index contributed by atoms with van der Waals surface area (Å²) in [6.07, 6.45) is 14.7. The molecule has 0 spiro atoms. The van der Waals surface area contributed by atoms with Crippen molar-refractivity contribution in [3.63, 3.8) is 0 Å². The Morgan fingerprint density at radius 3 is 2.89 bits per heavy atom. The Kier molecular flexibility index (Phi) is 8.14. The van der Waals surface area contributed by atoms with Crippen molar-refractivity contribution in [2.45, 2.75) is 89.3 Å². The van der Waals surface area contributed by atoms with Gasteiger partial charge >= 0.3 is 0 Å². The van der Waals surface area contributed by atoms with Gasteiger partial charge in [0.2, 0.25) is 5.91 Å². The van der Waals surface area contributed by atoms with E-state index in [1.165, 1.54) is 25.7 Å². The molecule has 2 saturated carbocycles. The molecule has 0 unspecified atom stereocenters. The number of carbonyl (C=O) groups excluding carboxylic acids is 1. The summed E-state index contributed by atoms with van der Waals surface area (Å²) in [5.41, 5.74) is 0. The molecule has 0 aromatic carbocycles. The summed E-state index contributed by atoms with van der Waals surface area (Å²) in [7, 11) is 0. The molecule has 6 heteroatoms. The van der Waals surface area contributed by atoms with E-state index in [1.54, 1.807) is 6.20 Å². The summed E-state index contributed by atoms with van der Waals surface area (Å²) < 4.78 is 6.16. The van der Waals surface area contributed by atoms with E-state index in [0.29, 0.717) is 18.6 Å². The maximum absolute atomic E-state index is 12.6. The lowest BCUT2D eigenvalue weighted by Crippen LogP contribution is -2.51. The average Bonchev–Trinajstić information content (AvgIpc) is 3.38. The normalized spacial score (nSPS) is 26.3. The van der Waals surface area contributed by atoms with Crippen molar-refractivity contribution in [3.05, 3.63) is 18.2 Å². The molecule has 1 aromatic heterocycles. The highest BCUT2D eigenvalue weighted by Gasteiger charge is 2.35. The lowest BCUT2D eigenvalue weighted by molar-refractivity contribution is -0.128. The van der Waals surface area contributed by atoms with Gasteiger partial charge in [-0.15, -0.1) is 0 Å². The molecule has 0 aliphatic heterocycles. The topological polar surface area (TPSA) is 79.0 Å². The number of rotatable bonds is 10. The molecule has 1 aromatic rings. The molecule has 0 saturated heterocycles. The van der Waals surface area contributed by atoms with E-state index in [4.69, 9.17) is 4.74 Å². The number of amides is 1. The smallest absolute Gasteiger partial charge is 0.223 e. The van der Waals surface area contributed by atoms with Gasteiger partial charge in [0.1, 0.15) is 5.82 Å². The highest BCUT2D eigenvalue weighted by Crippen LogP contribution is 2.29. The van der Waals surface area contributed by atoms with Crippen molar-refractivity contribution in [1.82, 2.24) is 20.6 Å². The standard InChI is InChI=1S/C21H36N4O2/c1-2-14-27-19-15-16(9-10-18(19)25-17-6-3-4-7-17)21(26)24-11-5-8-20-22-12-13-23-20/h12-13,16-19,25H,2-11,14-15H2,1H3,(H,22,23)(H,24,26)/t16-,18-,19-/m0/s1. The fraction of sp³-hybridized carbons (Fsp3) is 0.810. The maximum atomic E-state index is 12.6. The lowest BCUT2D eigenvalue weighted by atomic mass is 9.82. The van der Waals surface area contributed by atoms with Gasteiger partial charge in [-0.3, -0.25) is 4.79 Å². The van der Waals surface area contributed by atoms with Crippen molar-refractivity contribution in [2.24, 2.45) is 5.92 Å². The molecule has 1 heterocycles. The quantitative estimate of drug-likeness (QED) is 0.549.